The number of thioether (sulfide) groups is 1. The standard InChI is InChI=1S/C16H20F3N3OS/c17-16(18,19)13-7-8-20-15(21-13)24-10-14(23)22-9-3-5-11-4-1-2-6-12(11)22/h7-8,11-12H,1-6,9-10H2. The molecule has 3 rings (SSSR count). The lowest BCUT2D eigenvalue weighted by atomic mass is 9.78. The van der Waals surface area contributed by atoms with Gasteiger partial charge in [-0.3, -0.25) is 4.79 Å². The lowest BCUT2D eigenvalue weighted by Gasteiger charge is -2.44. The van der Waals surface area contributed by atoms with Crippen LogP contribution in [0.4, 0.5) is 13.2 Å². The van der Waals surface area contributed by atoms with Crippen LogP contribution < -0.4 is 0 Å². The van der Waals surface area contributed by atoms with Crippen molar-refractivity contribution in [2.24, 2.45) is 5.92 Å². The van der Waals surface area contributed by atoms with Gasteiger partial charge in [0.1, 0.15) is 5.69 Å². The zero-order valence-corrected chi connectivity index (χ0v) is 14.1. The number of rotatable bonds is 3. The van der Waals surface area contributed by atoms with Crippen LogP contribution in [0.2, 0.25) is 0 Å². The van der Waals surface area contributed by atoms with Crippen LogP contribution in [-0.2, 0) is 11.0 Å². The molecule has 2 heterocycles. The third-order valence-electron chi connectivity index (χ3n) is 4.81. The zero-order valence-electron chi connectivity index (χ0n) is 13.3. The Hall–Kier alpha value is -1.31. The number of amides is 1. The summed E-state index contributed by atoms with van der Waals surface area (Å²) in [5.41, 5.74) is -0.974. The Labute approximate surface area is 143 Å². The Morgan fingerprint density at radius 3 is 2.79 bits per heavy atom. The number of hydrogen-bond acceptors (Lipinski definition) is 4. The highest BCUT2D eigenvalue weighted by molar-refractivity contribution is 7.99. The summed E-state index contributed by atoms with van der Waals surface area (Å²) in [5, 5.41) is -0.00428. The predicted molar refractivity (Wildman–Crippen MR) is 84.5 cm³/mol. The van der Waals surface area contributed by atoms with Gasteiger partial charge < -0.3 is 4.90 Å². The number of nitrogens with zero attached hydrogens (tertiary/aromatic N) is 3. The molecule has 2 fully saturated rings. The van der Waals surface area contributed by atoms with Crippen LogP contribution in [0.5, 0.6) is 0 Å². The van der Waals surface area contributed by atoms with Crippen molar-refractivity contribution in [1.82, 2.24) is 14.9 Å². The van der Waals surface area contributed by atoms with E-state index in [1.54, 1.807) is 0 Å². The fraction of sp³-hybridized carbons (Fsp3) is 0.688. The fourth-order valence-corrected chi connectivity index (χ4v) is 4.43. The van der Waals surface area contributed by atoms with Crippen LogP contribution in [0.1, 0.15) is 44.2 Å². The molecule has 0 aromatic carbocycles. The maximum atomic E-state index is 12.7. The van der Waals surface area contributed by atoms with E-state index >= 15 is 0 Å². The normalized spacial score (nSPS) is 24.5. The SMILES string of the molecule is O=C(CSc1nccc(C(F)(F)F)n1)N1CCCC2CCCCC21. The third kappa shape index (κ3) is 4.02. The summed E-state index contributed by atoms with van der Waals surface area (Å²) in [6.45, 7) is 0.754. The van der Waals surface area contributed by atoms with Gasteiger partial charge in [-0.2, -0.15) is 13.2 Å². The second-order valence-corrected chi connectivity index (χ2v) is 7.29. The topological polar surface area (TPSA) is 46.1 Å². The summed E-state index contributed by atoms with van der Waals surface area (Å²) >= 11 is 0.978. The number of aromatic nitrogens is 2. The first-order valence-corrected chi connectivity index (χ1v) is 9.26. The number of hydrogen-bond donors (Lipinski definition) is 0. The van der Waals surface area contributed by atoms with Gasteiger partial charge in [0.05, 0.1) is 5.75 Å². The van der Waals surface area contributed by atoms with E-state index in [4.69, 9.17) is 0 Å². The molecule has 0 N–H and O–H groups in total. The predicted octanol–water partition coefficient (Wildman–Crippen LogP) is 3.77. The second-order valence-electron chi connectivity index (χ2n) is 6.35. The molecule has 1 amide bonds. The third-order valence-corrected chi connectivity index (χ3v) is 5.66. The highest BCUT2D eigenvalue weighted by Crippen LogP contribution is 2.35. The van der Waals surface area contributed by atoms with Crippen LogP contribution in [0.25, 0.3) is 0 Å². The van der Waals surface area contributed by atoms with Crippen molar-refractivity contribution >= 4 is 17.7 Å². The molecule has 2 atom stereocenters. The molecular formula is C16H20F3N3OS. The smallest absolute Gasteiger partial charge is 0.339 e. The number of halogens is 3. The molecule has 0 spiro atoms. The lowest BCUT2D eigenvalue weighted by molar-refractivity contribution is -0.141. The number of carbonyl (C=O) groups is 1. The summed E-state index contributed by atoms with van der Waals surface area (Å²) < 4.78 is 38.0. The van der Waals surface area contributed by atoms with E-state index in [2.05, 4.69) is 9.97 Å². The molecule has 8 heteroatoms. The maximum Gasteiger partial charge on any atom is 0.433 e. The Morgan fingerprint density at radius 1 is 1.25 bits per heavy atom. The number of piperidine rings is 1. The Balaban J connectivity index is 1.61. The molecule has 1 saturated heterocycles. The molecule has 1 aliphatic heterocycles. The molecule has 1 saturated carbocycles. The average molecular weight is 359 g/mol. The number of carbonyl (C=O) groups excluding carboxylic acids is 1. The Kier molecular flexibility index (Phi) is 5.32. The average Bonchev–Trinajstić information content (AvgIpc) is 2.58. The van der Waals surface area contributed by atoms with Gasteiger partial charge >= 0.3 is 6.18 Å². The van der Waals surface area contributed by atoms with E-state index in [-0.39, 0.29) is 16.8 Å². The van der Waals surface area contributed by atoms with Crippen LogP contribution >= 0.6 is 11.8 Å². The molecule has 2 unspecified atom stereocenters. The van der Waals surface area contributed by atoms with E-state index in [1.807, 2.05) is 4.90 Å². The molecule has 1 aromatic heterocycles. The summed E-state index contributed by atoms with van der Waals surface area (Å²) in [5.74, 6) is 0.661. The van der Waals surface area contributed by atoms with Gasteiger partial charge in [0.25, 0.3) is 0 Å². The summed E-state index contributed by atoms with van der Waals surface area (Å²) in [4.78, 5) is 21.8. The van der Waals surface area contributed by atoms with Crippen LogP contribution in [-0.4, -0.2) is 39.1 Å². The van der Waals surface area contributed by atoms with Crippen LogP contribution in [0, 0.1) is 5.92 Å². The van der Waals surface area contributed by atoms with E-state index in [9.17, 15) is 18.0 Å². The highest BCUT2D eigenvalue weighted by Gasteiger charge is 2.36. The van der Waals surface area contributed by atoms with Crippen molar-refractivity contribution in [3.63, 3.8) is 0 Å². The number of fused-ring (bicyclic) bond motifs is 1. The molecule has 24 heavy (non-hydrogen) atoms. The minimum Gasteiger partial charge on any atom is -0.339 e. The molecule has 4 nitrogen and oxygen atoms in total. The van der Waals surface area contributed by atoms with Gasteiger partial charge in [-0.05, 0) is 37.7 Å². The molecule has 1 aliphatic carbocycles. The minimum absolute atomic E-state index is 0.00428. The van der Waals surface area contributed by atoms with Gasteiger partial charge in [-0.15, -0.1) is 0 Å². The van der Waals surface area contributed by atoms with Crippen molar-refractivity contribution in [3.05, 3.63) is 18.0 Å². The first-order valence-electron chi connectivity index (χ1n) is 8.27. The van der Waals surface area contributed by atoms with Gasteiger partial charge in [0.2, 0.25) is 5.91 Å². The van der Waals surface area contributed by atoms with Crippen molar-refractivity contribution in [3.8, 4) is 0 Å². The second kappa shape index (κ2) is 7.29. The van der Waals surface area contributed by atoms with E-state index in [1.165, 1.54) is 19.3 Å². The van der Waals surface area contributed by atoms with Crippen molar-refractivity contribution in [1.29, 1.82) is 0 Å². The van der Waals surface area contributed by atoms with Crippen molar-refractivity contribution < 1.29 is 18.0 Å². The minimum atomic E-state index is -4.50. The van der Waals surface area contributed by atoms with Crippen LogP contribution in [0.3, 0.4) is 0 Å². The quantitative estimate of drug-likeness (QED) is 0.609. The fourth-order valence-electron chi connectivity index (χ4n) is 3.71. The van der Waals surface area contributed by atoms with Crippen LogP contribution in [0.15, 0.2) is 17.4 Å². The lowest BCUT2D eigenvalue weighted by Crippen LogP contribution is -2.50. The molecule has 1 aromatic rings. The molecule has 132 valence electrons. The van der Waals surface area contributed by atoms with Gasteiger partial charge in [-0.25, -0.2) is 9.97 Å². The Morgan fingerprint density at radius 2 is 2.00 bits per heavy atom. The molecular weight excluding hydrogens is 339 g/mol. The van der Waals surface area contributed by atoms with Gasteiger partial charge in [0, 0.05) is 18.8 Å². The maximum absolute atomic E-state index is 12.7. The first kappa shape index (κ1) is 17.5. The van der Waals surface area contributed by atoms with Gasteiger partial charge in [-0.1, -0.05) is 24.6 Å². The van der Waals surface area contributed by atoms with Crippen molar-refractivity contribution in [2.45, 2.75) is 55.9 Å². The molecule has 2 aliphatic rings. The van der Waals surface area contributed by atoms with Gasteiger partial charge in [0.15, 0.2) is 5.16 Å². The number of likely N-dealkylation sites (tertiary alicyclic amines) is 1. The largest absolute Gasteiger partial charge is 0.433 e. The molecule has 0 bridgehead atoms. The van der Waals surface area contributed by atoms with E-state index in [0.717, 1.165) is 49.8 Å². The molecule has 0 radical (unpaired) electrons. The van der Waals surface area contributed by atoms with E-state index in [0.29, 0.717) is 12.0 Å². The van der Waals surface area contributed by atoms with Crippen molar-refractivity contribution in [2.75, 3.05) is 12.3 Å². The summed E-state index contributed by atoms with van der Waals surface area (Å²) in [6.07, 6.45) is 3.38. The highest BCUT2D eigenvalue weighted by atomic mass is 32.2. The first-order chi connectivity index (χ1) is 11.4. The monoisotopic (exact) mass is 359 g/mol. The summed E-state index contributed by atoms with van der Waals surface area (Å²) in [6, 6.07) is 1.14. The van der Waals surface area contributed by atoms with E-state index < -0.39 is 11.9 Å². The number of alkyl halides is 3. The zero-order chi connectivity index (χ0) is 17.2. The summed E-state index contributed by atoms with van der Waals surface area (Å²) in [7, 11) is 0. The Bertz CT molecular complexity index is 594.